The lowest BCUT2D eigenvalue weighted by Crippen LogP contribution is -2.34. The fraction of sp³-hybridized carbons (Fsp3) is 0.538. The second-order valence-corrected chi connectivity index (χ2v) is 7.72. The normalized spacial score (nSPS) is 15.0. The predicted octanol–water partition coefficient (Wildman–Crippen LogP) is 2.54. The summed E-state index contributed by atoms with van der Waals surface area (Å²) in [6, 6.07) is 5.38. The van der Waals surface area contributed by atoms with Crippen molar-refractivity contribution in [1.29, 1.82) is 0 Å². The highest BCUT2D eigenvalue weighted by Crippen LogP contribution is 2.30. The summed E-state index contributed by atoms with van der Waals surface area (Å²) in [5, 5.41) is 2.74. The first-order valence-corrected chi connectivity index (χ1v) is 8.81. The molecule has 0 heterocycles. The molecule has 0 fully saturated rings. The van der Waals surface area contributed by atoms with Crippen LogP contribution < -0.4 is 10.1 Å². The molecule has 19 heavy (non-hydrogen) atoms. The van der Waals surface area contributed by atoms with E-state index in [2.05, 4.69) is 21.2 Å². The molecule has 1 rings (SSSR count). The maximum Gasteiger partial charge on any atom is 0.151 e. The summed E-state index contributed by atoms with van der Waals surface area (Å²) in [5.41, 5.74) is 0.924. The molecule has 2 atom stereocenters. The molecule has 0 aliphatic heterocycles. The molecule has 0 amide bonds. The van der Waals surface area contributed by atoms with Gasteiger partial charge in [0.1, 0.15) is 5.75 Å². The van der Waals surface area contributed by atoms with Crippen LogP contribution in [0.5, 0.6) is 5.75 Å². The van der Waals surface area contributed by atoms with Gasteiger partial charge in [0.05, 0.1) is 16.8 Å². The van der Waals surface area contributed by atoms with E-state index in [0.29, 0.717) is 6.54 Å². The van der Waals surface area contributed by atoms with Crippen molar-refractivity contribution in [2.45, 2.75) is 25.1 Å². The average molecular weight is 350 g/mol. The highest BCUT2D eigenvalue weighted by Gasteiger charge is 2.27. The summed E-state index contributed by atoms with van der Waals surface area (Å²) >= 11 is 3.42. The second-order valence-electron chi connectivity index (χ2n) is 4.46. The van der Waals surface area contributed by atoms with Crippen LogP contribution >= 0.6 is 15.9 Å². The minimum absolute atomic E-state index is 0.234. The zero-order valence-electron chi connectivity index (χ0n) is 11.6. The van der Waals surface area contributed by atoms with Gasteiger partial charge in [0.2, 0.25) is 0 Å². The SMILES string of the molecule is CCNC(c1ccc(OC)c(Br)c1)C(C)S(C)(=O)=O. The highest BCUT2D eigenvalue weighted by atomic mass is 79.9. The zero-order valence-corrected chi connectivity index (χ0v) is 14.0. The Morgan fingerprint density at radius 3 is 2.47 bits per heavy atom. The summed E-state index contributed by atoms with van der Waals surface area (Å²) in [6.45, 7) is 4.38. The number of rotatable bonds is 6. The first kappa shape index (κ1) is 16.5. The molecule has 1 aromatic rings. The maximum atomic E-state index is 11.8. The van der Waals surface area contributed by atoms with E-state index in [0.717, 1.165) is 15.8 Å². The van der Waals surface area contributed by atoms with E-state index in [9.17, 15) is 8.42 Å². The van der Waals surface area contributed by atoms with E-state index >= 15 is 0 Å². The van der Waals surface area contributed by atoms with Crippen molar-refractivity contribution in [1.82, 2.24) is 5.32 Å². The van der Waals surface area contributed by atoms with Crippen molar-refractivity contribution < 1.29 is 13.2 Å². The molecular formula is C13H20BrNO3S. The molecule has 108 valence electrons. The topological polar surface area (TPSA) is 55.4 Å². The van der Waals surface area contributed by atoms with Crippen LogP contribution in [0, 0.1) is 0 Å². The standard InChI is InChI=1S/C13H20BrNO3S/c1-5-15-13(9(2)19(4,16)17)10-6-7-12(18-3)11(14)8-10/h6-9,13,15H,5H2,1-4H3. The third-order valence-corrected chi connectivity index (χ3v) is 5.35. The smallest absolute Gasteiger partial charge is 0.151 e. The van der Waals surface area contributed by atoms with Crippen LogP contribution in [0.1, 0.15) is 25.5 Å². The summed E-state index contributed by atoms with van der Waals surface area (Å²) in [6.07, 6.45) is 1.26. The molecule has 2 unspecified atom stereocenters. The minimum atomic E-state index is -3.11. The van der Waals surface area contributed by atoms with Gasteiger partial charge in [-0.3, -0.25) is 0 Å². The van der Waals surface area contributed by atoms with Gasteiger partial charge in [-0.15, -0.1) is 0 Å². The summed E-state index contributed by atoms with van der Waals surface area (Å²) in [5.74, 6) is 0.728. The predicted molar refractivity (Wildman–Crippen MR) is 81.4 cm³/mol. The Balaban J connectivity index is 3.16. The molecule has 0 aliphatic carbocycles. The molecule has 0 radical (unpaired) electrons. The lowest BCUT2D eigenvalue weighted by Gasteiger charge is -2.24. The van der Waals surface area contributed by atoms with E-state index in [-0.39, 0.29) is 6.04 Å². The zero-order chi connectivity index (χ0) is 14.6. The lowest BCUT2D eigenvalue weighted by molar-refractivity contribution is 0.411. The van der Waals surface area contributed by atoms with Crippen LogP contribution in [0.4, 0.5) is 0 Å². The number of ether oxygens (including phenoxy) is 1. The summed E-state index contributed by atoms with van der Waals surface area (Å²) in [4.78, 5) is 0. The third kappa shape index (κ3) is 4.19. The van der Waals surface area contributed by atoms with Gasteiger partial charge in [0.25, 0.3) is 0 Å². The van der Waals surface area contributed by atoms with Crippen LogP contribution in [0.2, 0.25) is 0 Å². The van der Waals surface area contributed by atoms with Gasteiger partial charge in [-0.2, -0.15) is 0 Å². The van der Waals surface area contributed by atoms with Crippen LogP contribution in [0.25, 0.3) is 0 Å². The fourth-order valence-electron chi connectivity index (χ4n) is 1.90. The molecule has 4 nitrogen and oxygen atoms in total. The Hall–Kier alpha value is -0.590. The first-order valence-electron chi connectivity index (χ1n) is 6.07. The van der Waals surface area contributed by atoms with Gasteiger partial charge in [0, 0.05) is 12.3 Å². The van der Waals surface area contributed by atoms with Gasteiger partial charge >= 0.3 is 0 Å². The Morgan fingerprint density at radius 2 is 2.05 bits per heavy atom. The van der Waals surface area contributed by atoms with Gasteiger partial charge in [0.15, 0.2) is 9.84 Å². The first-order chi connectivity index (χ1) is 8.81. The Kier molecular flexibility index (Phi) is 5.82. The Labute approximate surface area is 123 Å². The maximum absolute atomic E-state index is 11.8. The van der Waals surface area contributed by atoms with Gasteiger partial charge in [-0.05, 0) is 47.1 Å². The van der Waals surface area contributed by atoms with Crippen LogP contribution in [0.15, 0.2) is 22.7 Å². The molecule has 0 bridgehead atoms. The van der Waals surface area contributed by atoms with Crippen molar-refractivity contribution in [3.63, 3.8) is 0 Å². The monoisotopic (exact) mass is 349 g/mol. The van der Waals surface area contributed by atoms with Crippen molar-refractivity contribution in [2.24, 2.45) is 0 Å². The van der Waals surface area contributed by atoms with Crippen molar-refractivity contribution in [3.05, 3.63) is 28.2 Å². The molecule has 6 heteroatoms. The molecule has 0 spiro atoms. The number of halogens is 1. The molecular weight excluding hydrogens is 330 g/mol. The number of hydrogen-bond acceptors (Lipinski definition) is 4. The van der Waals surface area contributed by atoms with Crippen LogP contribution in [-0.2, 0) is 9.84 Å². The Morgan fingerprint density at radius 1 is 1.42 bits per heavy atom. The third-order valence-electron chi connectivity index (χ3n) is 3.10. The Bertz CT molecular complexity index is 531. The van der Waals surface area contributed by atoms with E-state index in [1.54, 1.807) is 14.0 Å². The molecule has 0 saturated heterocycles. The van der Waals surface area contributed by atoms with Crippen molar-refractivity contribution >= 4 is 25.8 Å². The van der Waals surface area contributed by atoms with Crippen molar-refractivity contribution in [2.75, 3.05) is 19.9 Å². The number of benzene rings is 1. The second kappa shape index (κ2) is 6.72. The van der Waals surface area contributed by atoms with Gasteiger partial charge in [-0.25, -0.2) is 8.42 Å². The number of nitrogens with one attached hydrogen (secondary N) is 1. The van der Waals surface area contributed by atoms with E-state index in [1.165, 1.54) is 6.26 Å². The van der Waals surface area contributed by atoms with Gasteiger partial charge < -0.3 is 10.1 Å². The molecule has 0 aromatic heterocycles. The molecule has 1 N–H and O–H groups in total. The minimum Gasteiger partial charge on any atom is -0.496 e. The van der Waals surface area contributed by atoms with Crippen molar-refractivity contribution in [3.8, 4) is 5.75 Å². The van der Waals surface area contributed by atoms with Gasteiger partial charge in [-0.1, -0.05) is 13.0 Å². The van der Waals surface area contributed by atoms with E-state index in [4.69, 9.17) is 4.74 Å². The molecule has 0 aliphatic rings. The number of sulfone groups is 1. The fourth-order valence-corrected chi connectivity index (χ4v) is 3.20. The average Bonchev–Trinajstić information content (AvgIpc) is 2.34. The number of methoxy groups -OCH3 is 1. The molecule has 0 saturated carbocycles. The van der Waals surface area contributed by atoms with Crippen LogP contribution in [0.3, 0.4) is 0 Å². The molecule has 1 aromatic carbocycles. The largest absolute Gasteiger partial charge is 0.496 e. The summed E-state index contributed by atoms with van der Waals surface area (Å²) in [7, 11) is -1.51. The lowest BCUT2D eigenvalue weighted by atomic mass is 10.0. The van der Waals surface area contributed by atoms with Crippen LogP contribution in [-0.4, -0.2) is 33.6 Å². The number of hydrogen-bond donors (Lipinski definition) is 1. The van der Waals surface area contributed by atoms with E-state index < -0.39 is 15.1 Å². The highest BCUT2D eigenvalue weighted by molar-refractivity contribution is 9.10. The summed E-state index contributed by atoms with van der Waals surface area (Å²) < 4.78 is 29.5. The van der Waals surface area contributed by atoms with E-state index in [1.807, 2.05) is 25.1 Å². The quantitative estimate of drug-likeness (QED) is 0.857.